The van der Waals surface area contributed by atoms with Crippen LogP contribution in [0.3, 0.4) is 0 Å². The Kier molecular flexibility index (Phi) is 5.37. The van der Waals surface area contributed by atoms with E-state index in [4.69, 9.17) is 0 Å². The molecule has 0 radical (unpaired) electrons. The van der Waals surface area contributed by atoms with E-state index in [0.717, 1.165) is 45.3 Å². The van der Waals surface area contributed by atoms with E-state index >= 15 is 0 Å². The molecule has 0 unspecified atom stereocenters. The van der Waals surface area contributed by atoms with Crippen LogP contribution in [-0.2, 0) is 0 Å². The zero-order chi connectivity index (χ0) is 10.2. The third-order valence-electron chi connectivity index (χ3n) is 2.49. The Hall–Kier alpha value is -0.770. The van der Waals surface area contributed by atoms with Gasteiger partial charge < -0.3 is 16.0 Å². The number of hydrogen-bond donors (Lipinski definition) is 3. The van der Waals surface area contributed by atoms with Gasteiger partial charge in [0.25, 0.3) is 0 Å². The van der Waals surface area contributed by atoms with Gasteiger partial charge in [-0.2, -0.15) is 0 Å². The maximum absolute atomic E-state index is 11.3. The van der Waals surface area contributed by atoms with Gasteiger partial charge in [-0.25, -0.2) is 4.79 Å². The Bertz CT molecular complexity index is 167. The first-order valence-electron chi connectivity index (χ1n) is 5.58. The first kappa shape index (κ1) is 11.3. The SMILES string of the molecule is CCCCNC(=O)NC1CCNCC1. The molecule has 4 heteroatoms. The van der Waals surface area contributed by atoms with Crippen molar-refractivity contribution in [3.8, 4) is 0 Å². The molecule has 2 amide bonds. The molecule has 1 rings (SSSR count). The molecular formula is C10H21N3O. The third-order valence-corrected chi connectivity index (χ3v) is 2.49. The molecule has 0 atom stereocenters. The minimum atomic E-state index is -0.00894. The van der Waals surface area contributed by atoms with E-state index in [9.17, 15) is 4.79 Å². The van der Waals surface area contributed by atoms with Gasteiger partial charge in [-0.15, -0.1) is 0 Å². The van der Waals surface area contributed by atoms with Gasteiger partial charge in [-0.05, 0) is 32.4 Å². The molecule has 0 bridgehead atoms. The van der Waals surface area contributed by atoms with Gasteiger partial charge in [0.1, 0.15) is 0 Å². The molecule has 0 aliphatic carbocycles. The average Bonchev–Trinajstić information content (AvgIpc) is 2.20. The summed E-state index contributed by atoms with van der Waals surface area (Å²) in [4.78, 5) is 11.3. The summed E-state index contributed by atoms with van der Waals surface area (Å²) < 4.78 is 0. The summed E-state index contributed by atoms with van der Waals surface area (Å²) in [6.45, 7) is 4.93. The molecule has 0 aromatic carbocycles. The van der Waals surface area contributed by atoms with E-state index in [1.807, 2.05) is 0 Å². The smallest absolute Gasteiger partial charge is 0.315 e. The molecule has 1 aliphatic heterocycles. The minimum Gasteiger partial charge on any atom is -0.338 e. The zero-order valence-corrected chi connectivity index (χ0v) is 8.94. The molecule has 82 valence electrons. The Balaban J connectivity index is 2.06. The summed E-state index contributed by atoms with van der Waals surface area (Å²) in [6.07, 6.45) is 4.26. The highest BCUT2D eigenvalue weighted by Gasteiger charge is 2.14. The van der Waals surface area contributed by atoms with Crippen LogP contribution in [0.5, 0.6) is 0 Å². The fraction of sp³-hybridized carbons (Fsp3) is 0.900. The van der Waals surface area contributed by atoms with Gasteiger partial charge in [0.05, 0.1) is 0 Å². The molecule has 1 heterocycles. The molecule has 1 saturated heterocycles. The molecule has 3 N–H and O–H groups in total. The number of carbonyl (C=O) groups excluding carboxylic acids is 1. The second-order valence-electron chi connectivity index (χ2n) is 3.78. The van der Waals surface area contributed by atoms with Gasteiger partial charge in [0.15, 0.2) is 0 Å². The largest absolute Gasteiger partial charge is 0.338 e. The Labute approximate surface area is 85.8 Å². The maximum Gasteiger partial charge on any atom is 0.315 e. The molecule has 0 spiro atoms. The Morgan fingerprint density at radius 2 is 2.14 bits per heavy atom. The number of rotatable bonds is 4. The first-order valence-corrected chi connectivity index (χ1v) is 5.58. The highest BCUT2D eigenvalue weighted by molar-refractivity contribution is 5.74. The number of unbranched alkanes of at least 4 members (excludes halogenated alkanes) is 1. The van der Waals surface area contributed by atoms with E-state index < -0.39 is 0 Å². The summed E-state index contributed by atoms with van der Waals surface area (Å²) in [5, 5.41) is 9.12. The summed E-state index contributed by atoms with van der Waals surface area (Å²) in [7, 11) is 0. The van der Waals surface area contributed by atoms with Crippen molar-refractivity contribution in [3.05, 3.63) is 0 Å². The fourth-order valence-corrected chi connectivity index (χ4v) is 1.58. The van der Waals surface area contributed by atoms with Crippen molar-refractivity contribution in [2.75, 3.05) is 19.6 Å². The molecule has 4 nitrogen and oxygen atoms in total. The highest BCUT2D eigenvalue weighted by Crippen LogP contribution is 2.01. The van der Waals surface area contributed by atoms with Crippen molar-refractivity contribution < 1.29 is 4.79 Å². The van der Waals surface area contributed by atoms with E-state index in [2.05, 4.69) is 22.9 Å². The molecular weight excluding hydrogens is 178 g/mol. The quantitative estimate of drug-likeness (QED) is 0.588. The third kappa shape index (κ3) is 4.46. The van der Waals surface area contributed by atoms with Crippen LogP contribution in [0.4, 0.5) is 4.79 Å². The summed E-state index contributed by atoms with van der Waals surface area (Å²) in [5.74, 6) is 0. The van der Waals surface area contributed by atoms with Crippen molar-refractivity contribution in [2.45, 2.75) is 38.6 Å². The lowest BCUT2D eigenvalue weighted by atomic mass is 10.1. The predicted octanol–water partition coefficient (Wildman–Crippen LogP) is 0.838. The molecule has 14 heavy (non-hydrogen) atoms. The van der Waals surface area contributed by atoms with Crippen LogP contribution in [0.15, 0.2) is 0 Å². The maximum atomic E-state index is 11.3. The minimum absolute atomic E-state index is 0.00894. The molecule has 0 saturated carbocycles. The van der Waals surface area contributed by atoms with Crippen LogP contribution < -0.4 is 16.0 Å². The van der Waals surface area contributed by atoms with Crippen molar-refractivity contribution >= 4 is 6.03 Å². The van der Waals surface area contributed by atoms with Gasteiger partial charge in [0.2, 0.25) is 0 Å². The van der Waals surface area contributed by atoms with Crippen molar-refractivity contribution in [1.82, 2.24) is 16.0 Å². The monoisotopic (exact) mass is 199 g/mol. The highest BCUT2D eigenvalue weighted by atomic mass is 16.2. The molecule has 1 fully saturated rings. The van der Waals surface area contributed by atoms with Crippen LogP contribution in [0.2, 0.25) is 0 Å². The van der Waals surface area contributed by atoms with Gasteiger partial charge >= 0.3 is 6.03 Å². The fourth-order valence-electron chi connectivity index (χ4n) is 1.58. The number of nitrogens with one attached hydrogen (secondary N) is 3. The number of carbonyl (C=O) groups is 1. The lowest BCUT2D eigenvalue weighted by Gasteiger charge is -2.23. The van der Waals surface area contributed by atoms with Crippen LogP contribution in [-0.4, -0.2) is 31.7 Å². The van der Waals surface area contributed by atoms with E-state index in [0.29, 0.717) is 6.04 Å². The number of piperidine rings is 1. The Morgan fingerprint density at radius 1 is 1.43 bits per heavy atom. The average molecular weight is 199 g/mol. The van der Waals surface area contributed by atoms with E-state index in [1.165, 1.54) is 0 Å². The van der Waals surface area contributed by atoms with Crippen LogP contribution in [0.25, 0.3) is 0 Å². The van der Waals surface area contributed by atoms with Gasteiger partial charge in [-0.3, -0.25) is 0 Å². The lowest BCUT2D eigenvalue weighted by Crippen LogP contribution is -2.46. The number of urea groups is 1. The zero-order valence-electron chi connectivity index (χ0n) is 8.94. The first-order chi connectivity index (χ1) is 6.83. The predicted molar refractivity (Wildman–Crippen MR) is 57.3 cm³/mol. The van der Waals surface area contributed by atoms with Crippen molar-refractivity contribution in [2.24, 2.45) is 0 Å². The topological polar surface area (TPSA) is 53.2 Å². The summed E-state index contributed by atoms with van der Waals surface area (Å²) in [6, 6.07) is 0.350. The van der Waals surface area contributed by atoms with E-state index in [1.54, 1.807) is 0 Å². The van der Waals surface area contributed by atoms with Gasteiger partial charge in [-0.1, -0.05) is 13.3 Å². The summed E-state index contributed by atoms with van der Waals surface area (Å²) >= 11 is 0. The molecule has 0 aromatic heterocycles. The van der Waals surface area contributed by atoms with Crippen molar-refractivity contribution in [1.29, 1.82) is 0 Å². The normalized spacial score (nSPS) is 17.8. The van der Waals surface area contributed by atoms with Crippen LogP contribution >= 0.6 is 0 Å². The van der Waals surface area contributed by atoms with Crippen LogP contribution in [0, 0.1) is 0 Å². The standard InChI is InChI=1S/C10H21N3O/c1-2-3-6-12-10(14)13-9-4-7-11-8-5-9/h9,11H,2-8H2,1H3,(H2,12,13,14). The molecule has 1 aliphatic rings. The second kappa shape index (κ2) is 6.65. The van der Waals surface area contributed by atoms with Crippen molar-refractivity contribution in [3.63, 3.8) is 0 Å². The molecule has 0 aromatic rings. The van der Waals surface area contributed by atoms with E-state index in [-0.39, 0.29) is 6.03 Å². The van der Waals surface area contributed by atoms with Crippen LogP contribution in [0.1, 0.15) is 32.6 Å². The number of amides is 2. The lowest BCUT2D eigenvalue weighted by molar-refractivity contribution is 0.233. The summed E-state index contributed by atoms with van der Waals surface area (Å²) in [5.41, 5.74) is 0. The second-order valence-corrected chi connectivity index (χ2v) is 3.78. The number of hydrogen-bond acceptors (Lipinski definition) is 2. The van der Waals surface area contributed by atoms with Gasteiger partial charge in [0, 0.05) is 12.6 Å². The Morgan fingerprint density at radius 3 is 2.79 bits per heavy atom.